The first-order valence-corrected chi connectivity index (χ1v) is 7.17. The molecule has 0 aromatic heterocycles. The molecule has 0 bridgehead atoms. The summed E-state index contributed by atoms with van der Waals surface area (Å²) in [6.07, 6.45) is 0. The maximum Gasteiger partial charge on any atom is 0.329 e. The first kappa shape index (κ1) is 13.7. The second-order valence-corrected chi connectivity index (χ2v) is 5.04. The van der Waals surface area contributed by atoms with Crippen LogP contribution in [0.1, 0.15) is 24.0 Å². The van der Waals surface area contributed by atoms with Gasteiger partial charge in [0.1, 0.15) is 5.92 Å². The Morgan fingerprint density at radius 1 is 1.00 bits per heavy atom. The lowest BCUT2D eigenvalue weighted by molar-refractivity contribution is -0.133. The number of rotatable bonds is 5. The molecule has 0 heterocycles. The molecule has 2 aromatic rings. The normalized spacial score (nSPS) is 10.4. The molecule has 0 N–H and O–H groups in total. The molecule has 0 saturated carbocycles. The van der Waals surface area contributed by atoms with E-state index in [0.717, 1.165) is 16.9 Å². The van der Waals surface area contributed by atoms with Gasteiger partial charge in [0.2, 0.25) is 0 Å². The zero-order valence-electron chi connectivity index (χ0n) is 10.8. The lowest BCUT2D eigenvalue weighted by Gasteiger charge is -2.15. The Kier molecular flexibility index (Phi) is 5.04. The van der Waals surface area contributed by atoms with Gasteiger partial charge in [-0.15, -0.1) is 0 Å². The van der Waals surface area contributed by atoms with Crippen molar-refractivity contribution in [1.82, 2.24) is 0 Å². The molecule has 0 aliphatic rings. The van der Waals surface area contributed by atoms with Crippen LogP contribution in [-0.2, 0) is 8.98 Å². The predicted molar refractivity (Wildman–Crippen MR) is 79.0 cm³/mol. The van der Waals surface area contributed by atoms with Crippen LogP contribution in [0.3, 0.4) is 0 Å². The summed E-state index contributed by atoms with van der Waals surface area (Å²) in [5.74, 6) is 0.174. The molecular weight excluding hydrogens is 256 g/mol. The SMILES string of the molecule is CCSOC(=O)C(c1ccccc1)c1ccccc1. The van der Waals surface area contributed by atoms with Gasteiger partial charge in [0.05, 0.1) is 12.0 Å². The van der Waals surface area contributed by atoms with Gasteiger partial charge in [0.15, 0.2) is 0 Å². The number of benzene rings is 2. The summed E-state index contributed by atoms with van der Waals surface area (Å²) >= 11 is 1.18. The molecule has 0 aliphatic heterocycles. The first-order valence-electron chi connectivity index (χ1n) is 6.26. The molecule has 0 saturated heterocycles. The van der Waals surface area contributed by atoms with Gasteiger partial charge in [-0.1, -0.05) is 67.6 Å². The van der Waals surface area contributed by atoms with Crippen molar-refractivity contribution in [3.05, 3.63) is 71.8 Å². The third-order valence-electron chi connectivity index (χ3n) is 2.76. The van der Waals surface area contributed by atoms with Crippen LogP contribution in [0.4, 0.5) is 0 Å². The van der Waals surface area contributed by atoms with Gasteiger partial charge in [0, 0.05) is 5.75 Å². The second kappa shape index (κ2) is 7.00. The van der Waals surface area contributed by atoms with Crippen molar-refractivity contribution in [2.45, 2.75) is 12.8 Å². The van der Waals surface area contributed by atoms with Gasteiger partial charge < -0.3 is 4.18 Å². The monoisotopic (exact) mass is 272 g/mol. The minimum Gasteiger partial charge on any atom is -0.391 e. The number of hydrogen-bond donors (Lipinski definition) is 0. The molecule has 3 heteroatoms. The van der Waals surface area contributed by atoms with Crippen LogP contribution < -0.4 is 0 Å². The third-order valence-corrected chi connectivity index (χ3v) is 3.28. The minimum absolute atomic E-state index is 0.218. The average molecular weight is 272 g/mol. The van der Waals surface area contributed by atoms with Gasteiger partial charge in [0.25, 0.3) is 0 Å². The molecule has 0 unspecified atom stereocenters. The molecule has 2 aromatic carbocycles. The van der Waals surface area contributed by atoms with Crippen molar-refractivity contribution in [2.24, 2.45) is 0 Å². The molecule has 2 nitrogen and oxygen atoms in total. The Hall–Kier alpha value is -1.74. The van der Waals surface area contributed by atoms with Crippen molar-refractivity contribution in [3.8, 4) is 0 Å². The summed E-state index contributed by atoms with van der Waals surface area (Å²) in [6.45, 7) is 1.96. The van der Waals surface area contributed by atoms with Gasteiger partial charge in [-0.2, -0.15) is 0 Å². The molecule has 0 amide bonds. The maximum atomic E-state index is 12.3. The van der Waals surface area contributed by atoms with E-state index in [-0.39, 0.29) is 11.9 Å². The van der Waals surface area contributed by atoms with Gasteiger partial charge in [-0.25, -0.2) is 0 Å². The van der Waals surface area contributed by atoms with E-state index in [4.69, 9.17) is 4.18 Å². The fraction of sp³-hybridized carbons (Fsp3) is 0.188. The highest BCUT2D eigenvalue weighted by Gasteiger charge is 2.24. The number of carbonyl (C=O) groups is 1. The van der Waals surface area contributed by atoms with Crippen LogP contribution in [0.2, 0.25) is 0 Å². The quantitative estimate of drug-likeness (QED) is 0.769. The highest BCUT2D eigenvalue weighted by Crippen LogP contribution is 2.27. The van der Waals surface area contributed by atoms with Crippen molar-refractivity contribution in [2.75, 3.05) is 5.75 Å². The third kappa shape index (κ3) is 3.61. The zero-order chi connectivity index (χ0) is 13.5. The van der Waals surface area contributed by atoms with Crippen LogP contribution >= 0.6 is 12.0 Å². The van der Waals surface area contributed by atoms with E-state index < -0.39 is 0 Å². The Labute approximate surface area is 118 Å². The van der Waals surface area contributed by atoms with Crippen LogP contribution in [0.25, 0.3) is 0 Å². The predicted octanol–water partition coefficient (Wildman–Crippen LogP) is 4.03. The standard InChI is InChI=1S/C16H16O2S/c1-2-19-18-16(17)15(13-9-5-3-6-10-13)14-11-7-4-8-12-14/h3-12,15H,2H2,1H3. The Bertz CT molecular complexity index is 471. The van der Waals surface area contributed by atoms with Gasteiger partial charge >= 0.3 is 5.97 Å². The molecular formula is C16H16O2S. The molecule has 0 fully saturated rings. The summed E-state index contributed by atoms with van der Waals surface area (Å²) < 4.78 is 5.24. The van der Waals surface area contributed by atoms with E-state index in [1.54, 1.807) is 0 Å². The minimum atomic E-state index is -0.360. The van der Waals surface area contributed by atoms with Crippen LogP contribution in [0, 0.1) is 0 Å². The summed E-state index contributed by atoms with van der Waals surface area (Å²) in [5, 5.41) is 0. The van der Waals surface area contributed by atoms with Crippen LogP contribution in [0.15, 0.2) is 60.7 Å². The second-order valence-electron chi connectivity index (χ2n) is 4.06. The van der Waals surface area contributed by atoms with Gasteiger partial charge in [-0.05, 0) is 11.1 Å². The van der Waals surface area contributed by atoms with Crippen LogP contribution in [-0.4, -0.2) is 11.7 Å². The van der Waals surface area contributed by atoms with E-state index in [1.807, 2.05) is 67.6 Å². The van der Waals surface area contributed by atoms with Crippen molar-refractivity contribution >= 4 is 18.0 Å². The smallest absolute Gasteiger partial charge is 0.329 e. The Balaban J connectivity index is 2.31. The molecule has 0 spiro atoms. The van der Waals surface area contributed by atoms with Crippen molar-refractivity contribution in [1.29, 1.82) is 0 Å². The molecule has 0 atom stereocenters. The maximum absolute atomic E-state index is 12.3. The fourth-order valence-corrected chi connectivity index (χ4v) is 2.25. The molecule has 19 heavy (non-hydrogen) atoms. The van der Waals surface area contributed by atoms with E-state index >= 15 is 0 Å². The van der Waals surface area contributed by atoms with Crippen molar-refractivity contribution in [3.63, 3.8) is 0 Å². The Morgan fingerprint density at radius 3 is 1.89 bits per heavy atom. The Morgan fingerprint density at radius 2 is 1.47 bits per heavy atom. The molecule has 98 valence electrons. The first-order chi connectivity index (χ1) is 9.33. The summed E-state index contributed by atoms with van der Waals surface area (Å²) in [6, 6.07) is 19.4. The fourth-order valence-electron chi connectivity index (χ4n) is 1.92. The van der Waals surface area contributed by atoms with Crippen LogP contribution in [0.5, 0.6) is 0 Å². The van der Waals surface area contributed by atoms with E-state index in [9.17, 15) is 4.79 Å². The highest BCUT2D eigenvalue weighted by molar-refractivity contribution is 7.95. The van der Waals surface area contributed by atoms with Crippen molar-refractivity contribution < 1.29 is 8.98 Å². The summed E-state index contributed by atoms with van der Waals surface area (Å²) in [4.78, 5) is 12.3. The average Bonchev–Trinajstić information content (AvgIpc) is 2.47. The zero-order valence-corrected chi connectivity index (χ0v) is 11.6. The van der Waals surface area contributed by atoms with E-state index in [1.165, 1.54) is 12.0 Å². The van der Waals surface area contributed by atoms with E-state index in [0.29, 0.717) is 0 Å². The topological polar surface area (TPSA) is 26.3 Å². The largest absolute Gasteiger partial charge is 0.391 e. The number of carbonyl (C=O) groups excluding carboxylic acids is 1. The van der Waals surface area contributed by atoms with Gasteiger partial charge in [-0.3, -0.25) is 4.79 Å². The molecule has 0 aliphatic carbocycles. The lowest BCUT2D eigenvalue weighted by atomic mass is 9.92. The lowest BCUT2D eigenvalue weighted by Crippen LogP contribution is -2.14. The summed E-state index contributed by atoms with van der Waals surface area (Å²) in [5.41, 5.74) is 1.91. The molecule has 2 rings (SSSR count). The summed E-state index contributed by atoms with van der Waals surface area (Å²) in [7, 11) is 0. The molecule has 0 radical (unpaired) electrons. The number of hydrogen-bond acceptors (Lipinski definition) is 3. The van der Waals surface area contributed by atoms with E-state index in [2.05, 4.69) is 0 Å². The highest BCUT2D eigenvalue weighted by atomic mass is 32.2.